The monoisotopic (exact) mass is 353 g/mol. The van der Waals surface area contributed by atoms with Crippen LogP contribution in [0.2, 0.25) is 0 Å². The highest BCUT2D eigenvalue weighted by Gasteiger charge is 2.13. The van der Waals surface area contributed by atoms with Crippen LogP contribution in [0.4, 0.5) is 5.82 Å². The maximum atomic E-state index is 5.59. The van der Waals surface area contributed by atoms with Gasteiger partial charge in [0.1, 0.15) is 17.3 Å². The predicted octanol–water partition coefficient (Wildman–Crippen LogP) is 4.08. The number of thiocarbonyl (C=S) groups is 1. The van der Waals surface area contributed by atoms with Gasteiger partial charge in [-0.3, -0.25) is 0 Å². The summed E-state index contributed by atoms with van der Waals surface area (Å²) in [7, 11) is 1.66. The lowest BCUT2D eigenvalue weighted by atomic mass is 10.2. The van der Waals surface area contributed by atoms with E-state index in [1.165, 1.54) is 0 Å². The Bertz CT molecular complexity index is 789. The lowest BCUT2D eigenvalue weighted by Gasteiger charge is -2.25. The molecule has 0 fully saturated rings. The van der Waals surface area contributed by atoms with Gasteiger partial charge >= 0.3 is 0 Å². The number of nitrogens with zero attached hydrogens (tertiary/aromatic N) is 2. The average molecular weight is 353 g/mol. The van der Waals surface area contributed by atoms with Gasteiger partial charge in [0, 0.05) is 12.7 Å². The minimum atomic E-state index is 0.567. The van der Waals surface area contributed by atoms with Crippen LogP contribution in [-0.2, 0) is 13.1 Å². The summed E-state index contributed by atoms with van der Waals surface area (Å²) >= 11 is 5.59. The van der Waals surface area contributed by atoms with Crippen molar-refractivity contribution in [3.8, 4) is 5.75 Å². The molecule has 0 bridgehead atoms. The molecule has 0 amide bonds. The van der Waals surface area contributed by atoms with Crippen molar-refractivity contribution in [3.05, 3.63) is 78.4 Å². The lowest BCUT2D eigenvalue weighted by Crippen LogP contribution is -2.34. The Morgan fingerprint density at radius 1 is 1.12 bits per heavy atom. The van der Waals surface area contributed by atoms with E-state index in [0.717, 1.165) is 17.1 Å². The highest BCUT2D eigenvalue weighted by atomic mass is 32.1. The van der Waals surface area contributed by atoms with Gasteiger partial charge in [-0.1, -0.05) is 18.2 Å². The summed E-state index contributed by atoms with van der Waals surface area (Å²) in [6, 6.07) is 17.4. The van der Waals surface area contributed by atoms with Crippen LogP contribution in [0.15, 0.2) is 71.5 Å². The van der Waals surface area contributed by atoms with Crippen molar-refractivity contribution in [2.24, 2.45) is 0 Å². The molecule has 0 unspecified atom stereocenters. The maximum absolute atomic E-state index is 5.59. The minimum Gasteiger partial charge on any atom is -0.497 e. The summed E-state index contributed by atoms with van der Waals surface area (Å²) in [4.78, 5) is 6.30. The molecule has 0 spiro atoms. The molecule has 0 atom stereocenters. The number of anilines is 1. The van der Waals surface area contributed by atoms with Crippen molar-refractivity contribution >= 4 is 23.1 Å². The van der Waals surface area contributed by atoms with Gasteiger partial charge < -0.3 is 19.4 Å². The van der Waals surface area contributed by atoms with Gasteiger partial charge in [0.2, 0.25) is 0 Å². The fraction of sp³-hybridized carbons (Fsp3) is 0.158. The van der Waals surface area contributed by atoms with E-state index in [1.807, 2.05) is 59.5 Å². The molecule has 3 rings (SSSR count). The summed E-state index contributed by atoms with van der Waals surface area (Å²) in [5, 5.41) is 3.77. The summed E-state index contributed by atoms with van der Waals surface area (Å²) in [5.74, 6) is 2.39. The van der Waals surface area contributed by atoms with E-state index < -0.39 is 0 Å². The molecule has 25 heavy (non-hydrogen) atoms. The number of benzene rings is 1. The van der Waals surface area contributed by atoms with Gasteiger partial charge in [-0.15, -0.1) is 0 Å². The Morgan fingerprint density at radius 2 is 1.96 bits per heavy atom. The molecule has 1 N–H and O–H groups in total. The number of methoxy groups -OCH3 is 1. The molecule has 0 radical (unpaired) electrons. The molecule has 0 saturated carbocycles. The SMILES string of the molecule is COc1ccc(CN(Cc2ccco2)C(=S)Nc2ccccn2)cc1. The fourth-order valence-corrected chi connectivity index (χ4v) is 2.60. The Labute approximate surface area is 152 Å². The van der Waals surface area contributed by atoms with Crippen LogP contribution in [0.1, 0.15) is 11.3 Å². The largest absolute Gasteiger partial charge is 0.497 e. The van der Waals surface area contributed by atoms with Gasteiger partial charge in [0.25, 0.3) is 0 Å². The standard InChI is InChI=1S/C19H19N3O2S/c1-23-16-9-7-15(8-10-16)13-22(14-17-5-4-12-24-17)19(25)21-18-6-2-3-11-20-18/h2-12H,13-14H2,1H3,(H,20,21,25). The topological polar surface area (TPSA) is 50.5 Å². The number of hydrogen-bond acceptors (Lipinski definition) is 4. The molecule has 3 aromatic rings. The zero-order valence-electron chi connectivity index (χ0n) is 13.9. The van der Waals surface area contributed by atoms with Gasteiger partial charge in [0.05, 0.1) is 19.9 Å². The highest BCUT2D eigenvalue weighted by Crippen LogP contribution is 2.16. The average Bonchev–Trinajstić information content (AvgIpc) is 3.16. The third kappa shape index (κ3) is 4.81. The first-order chi connectivity index (χ1) is 12.2. The molecule has 6 heteroatoms. The number of hydrogen-bond donors (Lipinski definition) is 1. The number of aromatic nitrogens is 1. The molecule has 2 aromatic heterocycles. The summed E-state index contributed by atoms with van der Waals surface area (Å²) < 4.78 is 10.7. The van der Waals surface area contributed by atoms with Gasteiger partial charge in [-0.05, 0) is 54.2 Å². The number of ether oxygens (including phenoxy) is 1. The number of pyridine rings is 1. The highest BCUT2D eigenvalue weighted by molar-refractivity contribution is 7.80. The molecule has 128 valence electrons. The Morgan fingerprint density at radius 3 is 2.60 bits per heavy atom. The quantitative estimate of drug-likeness (QED) is 0.674. The zero-order chi connectivity index (χ0) is 17.5. The molecule has 0 aliphatic carbocycles. The van der Waals surface area contributed by atoms with Crippen LogP contribution in [0, 0.1) is 0 Å². The van der Waals surface area contributed by atoms with E-state index in [9.17, 15) is 0 Å². The second kappa shape index (κ2) is 8.30. The summed E-state index contributed by atoms with van der Waals surface area (Å²) in [6.07, 6.45) is 3.39. The molecule has 0 aliphatic rings. The van der Waals surface area contributed by atoms with Crippen molar-refractivity contribution < 1.29 is 9.15 Å². The van der Waals surface area contributed by atoms with Gasteiger partial charge in [-0.2, -0.15) is 0 Å². The Hall–Kier alpha value is -2.86. The Balaban J connectivity index is 1.74. The van der Waals surface area contributed by atoms with E-state index in [-0.39, 0.29) is 0 Å². The van der Waals surface area contributed by atoms with Crippen LogP contribution < -0.4 is 10.1 Å². The third-order valence-corrected chi connectivity index (χ3v) is 4.01. The van der Waals surface area contributed by atoms with Crippen LogP contribution in [0.5, 0.6) is 5.75 Å². The molecule has 5 nitrogen and oxygen atoms in total. The van der Waals surface area contributed by atoms with Crippen LogP contribution in [-0.4, -0.2) is 22.1 Å². The normalized spacial score (nSPS) is 10.3. The second-order valence-corrected chi connectivity index (χ2v) is 5.82. The van der Waals surface area contributed by atoms with Crippen LogP contribution in [0.25, 0.3) is 0 Å². The first kappa shape index (κ1) is 17.0. The fourth-order valence-electron chi connectivity index (χ4n) is 2.37. The molecule has 2 heterocycles. The van der Waals surface area contributed by atoms with Crippen molar-refractivity contribution in [2.75, 3.05) is 12.4 Å². The molecule has 0 saturated heterocycles. The first-order valence-corrected chi connectivity index (χ1v) is 8.27. The van der Waals surface area contributed by atoms with Crippen LogP contribution in [0.3, 0.4) is 0 Å². The second-order valence-electron chi connectivity index (χ2n) is 5.43. The number of nitrogens with one attached hydrogen (secondary N) is 1. The smallest absolute Gasteiger partial charge is 0.175 e. The molecular weight excluding hydrogens is 334 g/mol. The van der Waals surface area contributed by atoms with Gasteiger partial charge in [0.15, 0.2) is 5.11 Å². The zero-order valence-corrected chi connectivity index (χ0v) is 14.7. The minimum absolute atomic E-state index is 0.567. The first-order valence-electron chi connectivity index (χ1n) is 7.87. The molecular formula is C19H19N3O2S. The van der Waals surface area contributed by atoms with E-state index in [1.54, 1.807) is 19.6 Å². The van der Waals surface area contributed by atoms with Crippen LogP contribution >= 0.6 is 12.2 Å². The number of rotatable bonds is 6. The third-order valence-electron chi connectivity index (χ3n) is 3.65. The maximum Gasteiger partial charge on any atom is 0.175 e. The van der Waals surface area contributed by atoms with Crippen molar-refractivity contribution in [1.82, 2.24) is 9.88 Å². The summed E-state index contributed by atoms with van der Waals surface area (Å²) in [5.41, 5.74) is 1.12. The van der Waals surface area contributed by atoms with Crippen molar-refractivity contribution in [2.45, 2.75) is 13.1 Å². The number of furan rings is 1. The lowest BCUT2D eigenvalue weighted by molar-refractivity contribution is 0.360. The van der Waals surface area contributed by atoms with E-state index in [4.69, 9.17) is 21.4 Å². The molecule has 0 aliphatic heterocycles. The molecule has 1 aromatic carbocycles. The van der Waals surface area contributed by atoms with Gasteiger partial charge in [-0.25, -0.2) is 4.98 Å². The van der Waals surface area contributed by atoms with Crippen molar-refractivity contribution in [3.63, 3.8) is 0 Å². The summed E-state index contributed by atoms with van der Waals surface area (Å²) in [6.45, 7) is 1.21. The van der Waals surface area contributed by atoms with E-state index >= 15 is 0 Å². The van der Waals surface area contributed by atoms with E-state index in [0.29, 0.717) is 24.0 Å². The van der Waals surface area contributed by atoms with Crippen molar-refractivity contribution in [1.29, 1.82) is 0 Å². The Kier molecular flexibility index (Phi) is 5.64. The van der Waals surface area contributed by atoms with E-state index in [2.05, 4.69) is 10.3 Å². The predicted molar refractivity (Wildman–Crippen MR) is 101 cm³/mol.